The van der Waals surface area contributed by atoms with Gasteiger partial charge in [-0.25, -0.2) is 8.78 Å². The summed E-state index contributed by atoms with van der Waals surface area (Å²) in [5, 5.41) is 3.53. The van der Waals surface area contributed by atoms with Crippen molar-refractivity contribution in [1.29, 1.82) is 0 Å². The zero-order valence-electron chi connectivity index (χ0n) is 6.50. The van der Waals surface area contributed by atoms with Crippen molar-refractivity contribution < 1.29 is 13.6 Å². The second kappa shape index (κ2) is 3.42. The SMILES string of the molecule is CCn1cc(C=O)c(C(F)F)n1. The molecule has 66 valence electrons. The minimum Gasteiger partial charge on any atom is -0.298 e. The molecule has 3 nitrogen and oxygen atoms in total. The van der Waals surface area contributed by atoms with Crippen LogP contribution >= 0.6 is 0 Å². The lowest BCUT2D eigenvalue weighted by Crippen LogP contribution is -1.95. The van der Waals surface area contributed by atoms with E-state index in [1.807, 2.05) is 0 Å². The zero-order valence-corrected chi connectivity index (χ0v) is 6.50. The fraction of sp³-hybridized carbons (Fsp3) is 0.429. The largest absolute Gasteiger partial charge is 0.298 e. The Morgan fingerprint density at radius 1 is 1.75 bits per heavy atom. The number of aldehydes is 1. The highest BCUT2D eigenvalue weighted by Gasteiger charge is 2.16. The van der Waals surface area contributed by atoms with Gasteiger partial charge in [0.2, 0.25) is 0 Å². The highest BCUT2D eigenvalue weighted by Crippen LogP contribution is 2.19. The predicted octanol–water partition coefficient (Wildman–Crippen LogP) is 1.65. The van der Waals surface area contributed by atoms with Gasteiger partial charge >= 0.3 is 0 Å². The van der Waals surface area contributed by atoms with Gasteiger partial charge in [-0.1, -0.05) is 0 Å². The molecule has 0 aliphatic heterocycles. The highest BCUT2D eigenvalue weighted by atomic mass is 19.3. The molecular formula is C7H8F2N2O. The van der Waals surface area contributed by atoms with Gasteiger partial charge < -0.3 is 0 Å². The maximum atomic E-state index is 12.1. The van der Waals surface area contributed by atoms with E-state index in [4.69, 9.17) is 0 Å². The number of hydrogen-bond acceptors (Lipinski definition) is 2. The fourth-order valence-electron chi connectivity index (χ4n) is 0.874. The van der Waals surface area contributed by atoms with E-state index in [1.165, 1.54) is 10.9 Å². The van der Waals surface area contributed by atoms with Crippen molar-refractivity contribution in [3.05, 3.63) is 17.5 Å². The van der Waals surface area contributed by atoms with Crippen LogP contribution in [-0.4, -0.2) is 16.1 Å². The lowest BCUT2D eigenvalue weighted by molar-refractivity contribution is 0.110. The van der Waals surface area contributed by atoms with Crippen LogP contribution in [-0.2, 0) is 6.54 Å². The van der Waals surface area contributed by atoms with Crippen LogP contribution in [0.3, 0.4) is 0 Å². The third kappa shape index (κ3) is 1.49. The van der Waals surface area contributed by atoms with E-state index in [0.29, 0.717) is 12.8 Å². The minimum atomic E-state index is -2.68. The average Bonchev–Trinajstić information content (AvgIpc) is 2.47. The normalized spacial score (nSPS) is 10.7. The van der Waals surface area contributed by atoms with Gasteiger partial charge in [0.1, 0.15) is 5.69 Å². The summed E-state index contributed by atoms with van der Waals surface area (Å²) in [6, 6.07) is 0. The lowest BCUT2D eigenvalue weighted by atomic mass is 10.3. The molecule has 0 bridgehead atoms. The summed E-state index contributed by atoms with van der Waals surface area (Å²) in [5.41, 5.74) is -0.473. The van der Waals surface area contributed by atoms with Crippen LogP contribution in [0, 0.1) is 0 Å². The molecule has 0 fully saturated rings. The van der Waals surface area contributed by atoms with E-state index < -0.39 is 12.1 Å². The monoisotopic (exact) mass is 174 g/mol. The van der Waals surface area contributed by atoms with Crippen LogP contribution in [0.2, 0.25) is 0 Å². The molecule has 0 N–H and O–H groups in total. The summed E-state index contributed by atoms with van der Waals surface area (Å²) in [6.45, 7) is 2.24. The van der Waals surface area contributed by atoms with Gasteiger partial charge in [0.15, 0.2) is 6.29 Å². The van der Waals surface area contributed by atoms with Crippen LogP contribution in [0.15, 0.2) is 6.20 Å². The van der Waals surface area contributed by atoms with Gasteiger partial charge in [-0.15, -0.1) is 0 Å². The number of carbonyl (C=O) groups excluding carboxylic acids is 1. The summed E-state index contributed by atoms with van der Waals surface area (Å²) in [5.74, 6) is 0. The smallest absolute Gasteiger partial charge is 0.282 e. The van der Waals surface area contributed by atoms with E-state index in [9.17, 15) is 13.6 Å². The molecule has 1 heterocycles. The van der Waals surface area contributed by atoms with Gasteiger partial charge in [-0.3, -0.25) is 9.48 Å². The second-order valence-electron chi connectivity index (χ2n) is 2.24. The molecule has 0 radical (unpaired) electrons. The Bertz CT molecular complexity index is 283. The summed E-state index contributed by atoms with van der Waals surface area (Å²) in [6.07, 6.45) is -0.979. The van der Waals surface area contributed by atoms with Gasteiger partial charge in [0.25, 0.3) is 6.43 Å². The first kappa shape index (κ1) is 8.83. The van der Waals surface area contributed by atoms with Crippen molar-refractivity contribution in [1.82, 2.24) is 9.78 Å². The molecule has 12 heavy (non-hydrogen) atoms. The molecule has 0 spiro atoms. The Morgan fingerprint density at radius 3 is 2.75 bits per heavy atom. The van der Waals surface area contributed by atoms with Crippen molar-refractivity contribution in [3.8, 4) is 0 Å². The van der Waals surface area contributed by atoms with Gasteiger partial charge in [0, 0.05) is 12.7 Å². The summed E-state index contributed by atoms with van der Waals surface area (Å²) >= 11 is 0. The Labute approximate surface area is 68.0 Å². The zero-order chi connectivity index (χ0) is 9.14. The summed E-state index contributed by atoms with van der Waals surface area (Å²) in [4.78, 5) is 10.3. The molecule has 1 aromatic rings. The Morgan fingerprint density at radius 2 is 2.42 bits per heavy atom. The molecule has 0 aliphatic carbocycles. The Hall–Kier alpha value is -1.26. The van der Waals surface area contributed by atoms with Crippen molar-refractivity contribution >= 4 is 6.29 Å². The molecule has 0 saturated heterocycles. The van der Waals surface area contributed by atoms with Crippen molar-refractivity contribution in [2.45, 2.75) is 19.9 Å². The standard InChI is InChI=1S/C7H8F2N2O/c1-2-11-3-5(4-12)6(10-11)7(8)9/h3-4,7H,2H2,1H3. The molecule has 1 rings (SSSR count). The third-order valence-corrected chi connectivity index (χ3v) is 1.48. The van der Waals surface area contributed by atoms with Gasteiger partial charge in [0.05, 0.1) is 5.56 Å². The molecule has 1 aromatic heterocycles. The molecule has 0 aliphatic rings. The highest BCUT2D eigenvalue weighted by molar-refractivity contribution is 5.76. The molecule has 0 aromatic carbocycles. The number of rotatable bonds is 3. The molecule has 0 unspecified atom stereocenters. The van der Waals surface area contributed by atoms with Crippen molar-refractivity contribution in [3.63, 3.8) is 0 Å². The number of hydrogen-bond donors (Lipinski definition) is 0. The van der Waals surface area contributed by atoms with Crippen molar-refractivity contribution in [2.24, 2.45) is 0 Å². The van der Waals surface area contributed by atoms with E-state index in [0.717, 1.165) is 0 Å². The summed E-state index contributed by atoms with van der Waals surface area (Å²) < 4.78 is 25.6. The Balaban J connectivity index is 3.08. The summed E-state index contributed by atoms with van der Waals surface area (Å²) in [7, 11) is 0. The first-order chi connectivity index (χ1) is 5.69. The van der Waals surface area contributed by atoms with Gasteiger partial charge in [-0.2, -0.15) is 5.10 Å². The predicted molar refractivity (Wildman–Crippen MR) is 38.2 cm³/mol. The number of aryl methyl sites for hydroxylation is 1. The number of halogens is 2. The van der Waals surface area contributed by atoms with E-state index >= 15 is 0 Å². The first-order valence-corrected chi connectivity index (χ1v) is 3.49. The molecule has 0 saturated carbocycles. The Kier molecular flexibility index (Phi) is 2.52. The molecule has 0 atom stereocenters. The van der Waals surface area contributed by atoms with Crippen LogP contribution in [0.4, 0.5) is 8.78 Å². The third-order valence-electron chi connectivity index (χ3n) is 1.48. The van der Waals surface area contributed by atoms with Crippen LogP contribution in [0.25, 0.3) is 0 Å². The topological polar surface area (TPSA) is 34.9 Å². The number of aromatic nitrogens is 2. The van der Waals surface area contributed by atoms with E-state index in [-0.39, 0.29) is 5.56 Å². The van der Waals surface area contributed by atoms with Gasteiger partial charge in [-0.05, 0) is 6.92 Å². The van der Waals surface area contributed by atoms with Crippen LogP contribution in [0.5, 0.6) is 0 Å². The number of alkyl halides is 2. The maximum absolute atomic E-state index is 12.1. The second-order valence-corrected chi connectivity index (χ2v) is 2.24. The number of nitrogens with zero attached hydrogens (tertiary/aromatic N) is 2. The van der Waals surface area contributed by atoms with Crippen LogP contribution in [0.1, 0.15) is 29.4 Å². The molecule has 0 amide bonds. The minimum absolute atomic E-state index is 0.0353. The number of carbonyl (C=O) groups is 1. The fourth-order valence-corrected chi connectivity index (χ4v) is 0.874. The molecular weight excluding hydrogens is 166 g/mol. The van der Waals surface area contributed by atoms with Crippen molar-refractivity contribution in [2.75, 3.05) is 0 Å². The average molecular weight is 174 g/mol. The maximum Gasteiger partial charge on any atom is 0.282 e. The lowest BCUT2D eigenvalue weighted by Gasteiger charge is -1.93. The first-order valence-electron chi connectivity index (χ1n) is 3.49. The quantitative estimate of drug-likeness (QED) is 0.653. The van der Waals surface area contributed by atoms with Crippen LogP contribution < -0.4 is 0 Å². The van der Waals surface area contributed by atoms with E-state index in [1.54, 1.807) is 6.92 Å². The van der Waals surface area contributed by atoms with E-state index in [2.05, 4.69) is 5.10 Å². The molecule has 5 heteroatoms.